The van der Waals surface area contributed by atoms with E-state index in [-0.39, 0.29) is 24.9 Å². The van der Waals surface area contributed by atoms with Crippen LogP contribution >= 0.6 is 11.3 Å². The minimum atomic E-state index is -1.30. The van der Waals surface area contributed by atoms with Gasteiger partial charge in [-0.3, -0.25) is 4.79 Å². The average Bonchev–Trinajstić information content (AvgIpc) is 3.41. The standard InChI is InChI=1S/C22H22FN3O3S/c1-21(20(25)27)10-29-18-14(21)7-16(22(28,9-24)11-5-6-11)26-17(18)13-8-30-19-12(13)3-2-4-15(19)23/h2-4,7-8,11,28H,5-6,9-10,24H2,1H3,(H2,25,27)/t21-,22?/m0/s1. The maximum Gasteiger partial charge on any atom is 0.231 e. The van der Waals surface area contributed by atoms with Crippen LogP contribution in [0.3, 0.4) is 0 Å². The van der Waals surface area contributed by atoms with Crippen molar-refractivity contribution in [2.45, 2.75) is 30.8 Å². The van der Waals surface area contributed by atoms with E-state index in [9.17, 15) is 14.3 Å². The molecule has 0 radical (unpaired) electrons. The minimum Gasteiger partial charge on any atom is -0.489 e. The van der Waals surface area contributed by atoms with Crippen molar-refractivity contribution in [3.63, 3.8) is 0 Å². The predicted molar refractivity (Wildman–Crippen MR) is 113 cm³/mol. The Morgan fingerprint density at radius 1 is 1.47 bits per heavy atom. The average molecular weight is 428 g/mol. The molecule has 156 valence electrons. The number of ether oxygens (including phenoxy) is 1. The summed E-state index contributed by atoms with van der Waals surface area (Å²) in [6.07, 6.45) is 1.72. The van der Waals surface area contributed by atoms with Crippen LogP contribution in [0.25, 0.3) is 21.3 Å². The summed E-state index contributed by atoms with van der Waals surface area (Å²) in [4.78, 5) is 17.1. The lowest BCUT2D eigenvalue weighted by molar-refractivity contribution is -0.123. The number of nitrogens with zero attached hydrogens (tertiary/aromatic N) is 1. The van der Waals surface area contributed by atoms with E-state index in [2.05, 4.69) is 0 Å². The van der Waals surface area contributed by atoms with Crippen LogP contribution in [0.4, 0.5) is 4.39 Å². The number of aromatic nitrogens is 1. The zero-order valence-electron chi connectivity index (χ0n) is 16.4. The van der Waals surface area contributed by atoms with Gasteiger partial charge in [0.15, 0.2) is 0 Å². The van der Waals surface area contributed by atoms with E-state index in [1.54, 1.807) is 19.1 Å². The number of fused-ring (bicyclic) bond motifs is 2. The quantitative estimate of drug-likeness (QED) is 0.580. The molecule has 1 amide bonds. The summed E-state index contributed by atoms with van der Waals surface area (Å²) >= 11 is 1.28. The SMILES string of the molecule is C[C@]1(C(N)=O)COc2c1cc(C(O)(CN)C1CC1)nc2-c1csc2c(F)cccc12. The van der Waals surface area contributed by atoms with Gasteiger partial charge in [0.05, 0.1) is 10.4 Å². The lowest BCUT2D eigenvalue weighted by Crippen LogP contribution is -2.41. The van der Waals surface area contributed by atoms with E-state index in [4.69, 9.17) is 21.2 Å². The maximum absolute atomic E-state index is 14.3. The molecular weight excluding hydrogens is 405 g/mol. The zero-order valence-corrected chi connectivity index (χ0v) is 17.3. The number of hydrogen-bond donors (Lipinski definition) is 3. The number of carbonyl (C=O) groups excluding carboxylic acids is 1. The first-order valence-electron chi connectivity index (χ1n) is 9.87. The maximum atomic E-state index is 14.3. The fraction of sp³-hybridized carbons (Fsp3) is 0.364. The molecule has 6 nitrogen and oxygen atoms in total. The Bertz CT molecular complexity index is 1190. The lowest BCUT2D eigenvalue weighted by Gasteiger charge is -2.28. The predicted octanol–water partition coefficient (Wildman–Crippen LogP) is 2.79. The largest absolute Gasteiger partial charge is 0.489 e. The van der Waals surface area contributed by atoms with Gasteiger partial charge in [-0.25, -0.2) is 9.37 Å². The number of benzene rings is 1. The van der Waals surface area contributed by atoms with Crippen LogP contribution in [-0.2, 0) is 15.8 Å². The summed E-state index contributed by atoms with van der Waals surface area (Å²) in [7, 11) is 0. The molecule has 1 aliphatic carbocycles. The molecule has 0 bridgehead atoms. The highest BCUT2D eigenvalue weighted by atomic mass is 32.1. The molecule has 5 rings (SSSR count). The van der Waals surface area contributed by atoms with Crippen LogP contribution < -0.4 is 16.2 Å². The number of pyridine rings is 1. The first-order valence-corrected chi connectivity index (χ1v) is 10.7. The number of primary amides is 1. The number of thiophene rings is 1. The van der Waals surface area contributed by atoms with E-state index in [0.29, 0.717) is 38.4 Å². The number of carbonyl (C=O) groups is 1. The fourth-order valence-corrected chi connectivity index (χ4v) is 5.20. The Hall–Kier alpha value is -2.55. The number of aliphatic hydroxyl groups is 1. The molecule has 1 aliphatic heterocycles. The lowest BCUT2D eigenvalue weighted by atomic mass is 9.81. The molecule has 2 atom stereocenters. The van der Waals surface area contributed by atoms with E-state index in [1.807, 2.05) is 11.4 Å². The van der Waals surface area contributed by atoms with Crippen molar-refractivity contribution < 1.29 is 19.0 Å². The molecule has 3 heterocycles. The monoisotopic (exact) mass is 427 g/mol. The summed E-state index contributed by atoms with van der Waals surface area (Å²) in [5.74, 6) is -0.372. The van der Waals surface area contributed by atoms with Crippen LogP contribution in [-0.4, -0.2) is 29.1 Å². The van der Waals surface area contributed by atoms with E-state index >= 15 is 0 Å². The highest BCUT2D eigenvalue weighted by Crippen LogP contribution is 2.50. The summed E-state index contributed by atoms with van der Waals surface area (Å²) < 4.78 is 20.7. The van der Waals surface area contributed by atoms with Crippen molar-refractivity contribution in [2.24, 2.45) is 17.4 Å². The van der Waals surface area contributed by atoms with Gasteiger partial charge < -0.3 is 21.3 Å². The minimum absolute atomic E-state index is 0.00997. The number of halogens is 1. The second kappa shape index (κ2) is 6.47. The van der Waals surface area contributed by atoms with Gasteiger partial charge >= 0.3 is 0 Å². The molecule has 1 saturated carbocycles. The van der Waals surface area contributed by atoms with Gasteiger partial charge in [0, 0.05) is 28.4 Å². The van der Waals surface area contributed by atoms with Crippen molar-refractivity contribution in [1.82, 2.24) is 4.98 Å². The number of nitrogens with two attached hydrogens (primary N) is 2. The third-order valence-corrected chi connectivity index (χ3v) is 7.44. The van der Waals surface area contributed by atoms with E-state index in [1.165, 1.54) is 17.4 Å². The first-order chi connectivity index (χ1) is 14.3. The van der Waals surface area contributed by atoms with Crippen LogP contribution in [0.2, 0.25) is 0 Å². The number of hydrogen-bond acceptors (Lipinski definition) is 6. The van der Waals surface area contributed by atoms with Gasteiger partial charge in [-0.2, -0.15) is 0 Å². The Morgan fingerprint density at radius 2 is 2.23 bits per heavy atom. The van der Waals surface area contributed by atoms with Gasteiger partial charge in [-0.1, -0.05) is 12.1 Å². The summed E-state index contributed by atoms with van der Waals surface area (Å²) in [5, 5.41) is 13.9. The van der Waals surface area contributed by atoms with Gasteiger partial charge in [-0.05, 0) is 37.8 Å². The van der Waals surface area contributed by atoms with Crippen molar-refractivity contribution in [2.75, 3.05) is 13.2 Å². The number of amides is 1. The fourth-order valence-electron chi connectivity index (χ4n) is 4.24. The first kappa shape index (κ1) is 19.4. The molecule has 3 aromatic rings. The van der Waals surface area contributed by atoms with Gasteiger partial charge in [-0.15, -0.1) is 11.3 Å². The summed E-state index contributed by atoms with van der Waals surface area (Å²) in [6, 6.07) is 6.59. The molecule has 0 saturated heterocycles. The molecule has 0 spiro atoms. The molecule has 30 heavy (non-hydrogen) atoms. The number of rotatable bonds is 5. The zero-order chi connectivity index (χ0) is 21.3. The third-order valence-electron chi connectivity index (χ3n) is 6.43. The van der Waals surface area contributed by atoms with Crippen molar-refractivity contribution in [3.05, 3.63) is 46.7 Å². The Morgan fingerprint density at radius 3 is 2.90 bits per heavy atom. The smallest absolute Gasteiger partial charge is 0.231 e. The van der Waals surface area contributed by atoms with Crippen LogP contribution in [0.5, 0.6) is 5.75 Å². The Labute approximate surface area is 176 Å². The van der Waals surface area contributed by atoms with Crippen LogP contribution in [0.1, 0.15) is 31.0 Å². The summed E-state index contributed by atoms with van der Waals surface area (Å²) in [5.41, 5.74) is 11.5. The molecule has 1 fully saturated rings. The highest BCUT2D eigenvalue weighted by Gasteiger charge is 2.49. The van der Waals surface area contributed by atoms with Crippen molar-refractivity contribution in [3.8, 4) is 17.0 Å². The van der Waals surface area contributed by atoms with E-state index < -0.39 is 16.9 Å². The second-order valence-electron chi connectivity index (χ2n) is 8.39. The van der Waals surface area contributed by atoms with Crippen molar-refractivity contribution in [1.29, 1.82) is 0 Å². The molecule has 1 aromatic carbocycles. The molecular formula is C22H22FN3O3S. The van der Waals surface area contributed by atoms with Crippen LogP contribution in [0.15, 0.2) is 29.6 Å². The van der Waals surface area contributed by atoms with Crippen LogP contribution in [0, 0.1) is 11.7 Å². The van der Waals surface area contributed by atoms with Gasteiger partial charge in [0.1, 0.15) is 34.9 Å². The normalized spacial score (nSPS) is 22.5. The summed E-state index contributed by atoms with van der Waals surface area (Å²) in [6.45, 7) is 1.81. The topological polar surface area (TPSA) is 111 Å². The molecule has 5 N–H and O–H groups in total. The highest BCUT2D eigenvalue weighted by molar-refractivity contribution is 7.17. The molecule has 2 aliphatic rings. The second-order valence-corrected chi connectivity index (χ2v) is 9.27. The molecule has 1 unspecified atom stereocenters. The third kappa shape index (κ3) is 2.60. The Kier molecular flexibility index (Phi) is 4.19. The van der Waals surface area contributed by atoms with E-state index in [0.717, 1.165) is 12.8 Å². The molecule has 8 heteroatoms. The van der Waals surface area contributed by atoms with Gasteiger partial charge in [0.25, 0.3) is 0 Å². The Balaban J connectivity index is 1.81. The van der Waals surface area contributed by atoms with Gasteiger partial charge in [0.2, 0.25) is 5.91 Å². The van der Waals surface area contributed by atoms with Crippen molar-refractivity contribution >= 4 is 27.3 Å². The molecule has 2 aromatic heterocycles.